The molecule has 1 saturated heterocycles. The maximum Gasteiger partial charge on any atom is 0.289 e. The van der Waals surface area contributed by atoms with Gasteiger partial charge in [-0.3, -0.25) is 14.5 Å². The Balaban J connectivity index is 1.74. The number of fused-ring (bicyclic) bond motifs is 1. The van der Waals surface area contributed by atoms with Gasteiger partial charge in [-0.1, -0.05) is 17.8 Å². The van der Waals surface area contributed by atoms with Crippen LogP contribution >= 0.6 is 11.8 Å². The molecule has 6 heteroatoms. The van der Waals surface area contributed by atoms with Crippen LogP contribution in [0, 0.1) is 6.92 Å². The number of hydrogen-bond acceptors (Lipinski definition) is 5. The van der Waals surface area contributed by atoms with Gasteiger partial charge in [0, 0.05) is 23.8 Å². The highest BCUT2D eigenvalue weighted by atomic mass is 32.2. The molecule has 2 heterocycles. The Kier molecular flexibility index (Phi) is 5.78. The lowest BCUT2D eigenvalue weighted by Crippen LogP contribution is -2.35. The Hall–Kier alpha value is -2.47. The highest BCUT2D eigenvalue weighted by Gasteiger charge is 2.30. The zero-order valence-corrected chi connectivity index (χ0v) is 18.8. The molecule has 2 aromatic carbocycles. The number of anilines is 1. The van der Waals surface area contributed by atoms with Gasteiger partial charge in [0.05, 0.1) is 19.4 Å². The molecule has 4 rings (SSSR count). The maximum atomic E-state index is 12.0. The van der Waals surface area contributed by atoms with Crippen molar-refractivity contribution in [2.24, 2.45) is 0 Å². The van der Waals surface area contributed by atoms with Crippen LogP contribution in [0.25, 0.3) is 11.1 Å². The molecular formula is C24H28N2O3S. The zero-order chi connectivity index (χ0) is 21.4. The van der Waals surface area contributed by atoms with E-state index in [0.717, 1.165) is 53.6 Å². The van der Waals surface area contributed by atoms with Gasteiger partial charge in [0.2, 0.25) is 5.91 Å². The summed E-state index contributed by atoms with van der Waals surface area (Å²) in [5, 5.41) is -0.170. The quantitative estimate of drug-likeness (QED) is 0.674. The summed E-state index contributed by atoms with van der Waals surface area (Å²) in [4.78, 5) is 27.8. The summed E-state index contributed by atoms with van der Waals surface area (Å²) in [6.45, 7) is 8.01. The molecule has 5 nitrogen and oxygen atoms in total. The SMILES string of the molecule is COc1ccc(CN2C(=O)CSC2=O)cc1-c1cc2c(cc1C)N(C(C)C)CCC2. The van der Waals surface area contributed by atoms with Crippen LogP contribution in [0.4, 0.5) is 10.5 Å². The van der Waals surface area contributed by atoms with Gasteiger partial charge in [0.1, 0.15) is 5.75 Å². The molecule has 0 radical (unpaired) electrons. The summed E-state index contributed by atoms with van der Waals surface area (Å²) >= 11 is 1.07. The van der Waals surface area contributed by atoms with Gasteiger partial charge >= 0.3 is 0 Å². The number of rotatable bonds is 5. The summed E-state index contributed by atoms with van der Waals surface area (Å²) in [7, 11) is 1.68. The number of imide groups is 1. The Morgan fingerprint density at radius 1 is 1.13 bits per heavy atom. The number of amides is 2. The predicted octanol–water partition coefficient (Wildman–Crippen LogP) is 5.03. The third-order valence-electron chi connectivity index (χ3n) is 5.94. The fraction of sp³-hybridized carbons (Fsp3) is 0.417. The fourth-order valence-electron chi connectivity index (χ4n) is 4.37. The molecule has 2 amide bonds. The summed E-state index contributed by atoms with van der Waals surface area (Å²) in [5.74, 6) is 0.908. The van der Waals surface area contributed by atoms with Gasteiger partial charge in [0.25, 0.3) is 5.24 Å². The molecule has 1 fully saturated rings. The molecule has 0 unspecified atom stereocenters. The van der Waals surface area contributed by atoms with Crippen molar-refractivity contribution in [3.63, 3.8) is 0 Å². The van der Waals surface area contributed by atoms with E-state index in [-0.39, 0.29) is 16.9 Å². The number of methoxy groups -OCH3 is 1. The minimum atomic E-state index is -0.170. The van der Waals surface area contributed by atoms with E-state index in [4.69, 9.17) is 4.74 Å². The first-order valence-electron chi connectivity index (χ1n) is 10.4. The third-order valence-corrected chi connectivity index (χ3v) is 6.80. The van der Waals surface area contributed by atoms with Crippen molar-refractivity contribution >= 4 is 28.6 Å². The smallest absolute Gasteiger partial charge is 0.289 e. The molecule has 0 aromatic heterocycles. The van der Waals surface area contributed by atoms with Crippen molar-refractivity contribution in [1.82, 2.24) is 4.90 Å². The second-order valence-corrected chi connectivity index (χ2v) is 9.18. The van der Waals surface area contributed by atoms with Crippen LogP contribution in [0.1, 0.15) is 37.0 Å². The van der Waals surface area contributed by atoms with Gasteiger partial charge in [-0.2, -0.15) is 0 Å². The molecule has 0 atom stereocenters. The van der Waals surface area contributed by atoms with Gasteiger partial charge in [-0.05, 0) is 80.1 Å². The van der Waals surface area contributed by atoms with Crippen molar-refractivity contribution in [2.45, 2.75) is 46.2 Å². The van der Waals surface area contributed by atoms with Crippen molar-refractivity contribution in [1.29, 1.82) is 0 Å². The number of benzene rings is 2. The highest BCUT2D eigenvalue weighted by molar-refractivity contribution is 8.14. The van der Waals surface area contributed by atoms with Crippen molar-refractivity contribution in [3.8, 4) is 16.9 Å². The van der Waals surface area contributed by atoms with E-state index in [1.807, 2.05) is 12.1 Å². The minimum absolute atomic E-state index is 0.124. The standard InChI is InChI=1S/C24H28N2O3S/c1-15(2)25-9-5-6-18-12-19(16(3)10-21(18)25)20-11-17(7-8-22(20)29-4)13-26-23(27)14-30-24(26)28/h7-8,10-12,15H,5-6,9,13-14H2,1-4H3. The van der Waals surface area contributed by atoms with Crippen LogP contribution in [0.3, 0.4) is 0 Å². The summed E-state index contributed by atoms with van der Waals surface area (Å²) in [6, 6.07) is 11.0. The molecule has 0 spiro atoms. The first kappa shape index (κ1) is 20.8. The average Bonchev–Trinajstić information content (AvgIpc) is 3.04. The number of carbonyl (C=O) groups excluding carboxylic acids is 2. The van der Waals surface area contributed by atoms with E-state index >= 15 is 0 Å². The minimum Gasteiger partial charge on any atom is -0.496 e. The molecule has 2 aliphatic rings. The van der Waals surface area contributed by atoms with Crippen LogP contribution < -0.4 is 9.64 Å². The van der Waals surface area contributed by atoms with Crippen molar-refractivity contribution in [3.05, 3.63) is 47.0 Å². The van der Waals surface area contributed by atoms with Crippen LogP contribution in [0.5, 0.6) is 5.75 Å². The predicted molar refractivity (Wildman–Crippen MR) is 122 cm³/mol. The van der Waals surface area contributed by atoms with E-state index < -0.39 is 0 Å². The fourth-order valence-corrected chi connectivity index (χ4v) is 5.10. The monoisotopic (exact) mass is 424 g/mol. The van der Waals surface area contributed by atoms with Gasteiger partial charge < -0.3 is 9.64 Å². The Morgan fingerprint density at radius 3 is 2.60 bits per heavy atom. The molecule has 2 aromatic rings. The second-order valence-electron chi connectivity index (χ2n) is 8.26. The van der Waals surface area contributed by atoms with Crippen molar-refractivity contribution in [2.75, 3.05) is 24.3 Å². The Bertz CT molecular complexity index is 986. The van der Waals surface area contributed by atoms with Crippen molar-refractivity contribution < 1.29 is 14.3 Å². The molecule has 0 saturated carbocycles. The molecule has 0 N–H and O–H groups in total. The van der Waals surface area contributed by atoms with Gasteiger partial charge in [-0.25, -0.2) is 0 Å². The largest absolute Gasteiger partial charge is 0.496 e. The first-order valence-corrected chi connectivity index (χ1v) is 11.4. The van der Waals surface area contributed by atoms with Crippen LogP contribution in [-0.2, 0) is 17.8 Å². The van der Waals surface area contributed by atoms with Gasteiger partial charge in [0.15, 0.2) is 0 Å². The van der Waals surface area contributed by atoms with Crippen LogP contribution in [0.2, 0.25) is 0 Å². The van der Waals surface area contributed by atoms with E-state index in [2.05, 4.69) is 43.9 Å². The Labute approximate surface area is 182 Å². The van der Waals surface area contributed by atoms with Gasteiger partial charge in [-0.15, -0.1) is 0 Å². The molecule has 0 aliphatic carbocycles. The molecule has 2 aliphatic heterocycles. The summed E-state index contributed by atoms with van der Waals surface area (Å²) < 4.78 is 5.66. The van der Waals surface area contributed by atoms with E-state index in [9.17, 15) is 9.59 Å². The molecule has 158 valence electrons. The molecule has 30 heavy (non-hydrogen) atoms. The lowest BCUT2D eigenvalue weighted by Gasteiger charge is -2.35. The maximum absolute atomic E-state index is 12.0. The number of aryl methyl sites for hydroxylation is 2. The van der Waals surface area contributed by atoms with Crippen LogP contribution in [0.15, 0.2) is 30.3 Å². The number of ether oxygens (including phenoxy) is 1. The lowest BCUT2D eigenvalue weighted by molar-refractivity contribution is -0.125. The summed E-state index contributed by atoms with van der Waals surface area (Å²) in [6.07, 6.45) is 2.23. The second kappa shape index (κ2) is 8.34. The number of nitrogens with zero attached hydrogens (tertiary/aromatic N) is 2. The number of thioether (sulfide) groups is 1. The lowest BCUT2D eigenvalue weighted by atomic mass is 9.91. The third kappa shape index (κ3) is 3.81. The van der Waals surface area contributed by atoms with E-state index in [0.29, 0.717) is 12.6 Å². The Morgan fingerprint density at radius 2 is 1.93 bits per heavy atom. The van der Waals surface area contributed by atoms with Crippen LogP contribution in [-0.4, -0.2) is 41.5 Å². The van der Waals surface area contributed by atoms with E-state index in [1.165, 1.54) is 21.7 Å². The molecular weight excluding hydrogens is 396 g/mol. The number of hydrogen-bond donors (Lipinski definition) is 0. The first-order chi connectivity index (χ1) is 14.4. The zero-order valence-electron chi connectivity index (χ0n) is 18.0. The highest BCUT2D eigenvalue weighted by Crippen LogP contribution is 2.39. The van der Waals surface area contributed by atoms with E-state index in [1.54, 1.807) is 7.11 Å². The topological polar surface area (TPSA) is 49.9 Å². The normalized spacial score (nSPS) is 16.4. The number of carbonyl (C=O) groups is 2. The summed E-state index contributed by atoms with van der Waals surface area (Å²) in [5.41, 5.74) is 6.97. The average molecular weight is 425 g/mol. The molecule has 0 bridgehead atoms.